The molecule has 0 fully saturated rings. The van der Waals surface area contributed by atoms with E-state index in [0.717, 1.165) is 10.6 Å². The van der Waals surface area contributed by atoms with Gasteiger partial charge in [0, 0.05) is 10.8 Å². The molecule has 3 heterocycles. The molecule has 8 heteroatoms. The maximum atomic E-state index is 12.3. The number of para-hydroxylation sites is 1. The Morgan fingerprint density at radius 1 is 1.16 bits per heavy atom. The highest BCUT2D eigenvalue weighted by Crippen LogP contribution is 2.28. The summed E-state index contributed by atoms with van der Waals surface area (Å²) in [5, 5.41) is 11.8. The average molecular weight is 368 g/mol. The minimum absolute atomic E-state index is 0.00864. The van der Waals surface area contributed by atoms with Gasteiger partial charge in [-0.1, -0.05) is 18.2 Å². The van der Waals surface area contributed by atoms with E-state index in [0.29, 0.717) is 16.0 Å². The zero-order valence-electron chi connectivity index (χ0n) is 12.9. The summed E-state index contributed by atoms with van der Waals surface area (Å²) < 4.78 is 1.51. The van der Waals surface area contributed by atoms with Crippen molar-refractivity contribution in [2.45, 2.75) is 6.54 Å². The number of rotatable bonds is 4. The minimum Gasteiger partial charge on any atom is -0.300 e. The van der Waals surface area contributed by atoms with Crippen molar-refractivity contribution in [2.24, 2.45) is 0 Å². The lowest BCUT2D eigenvalue weighted by molar-refractivity contribution is -0.116. The molecule has 124 valence electrons. The second kappa shape index (κ2) is 6.58. The van der Waals surface area contributed by atoms with Gasteiger partial charge in [0.2, 0.25) is 11.3 Å². The van der Waals surface area contributed by atoms with Crippen LogP contribution in [0.4, 0.5) is 5.13 Å². The first-order valence-corrected chi connectivity index (χ1v) is 9.21. The van der Waals surface area contributed by atoms with Gasteiger partial charge in [-0.05, 0) is 23.6 Å². The van der Waals surface area contributed by atoms with Crippen LogP contribution < -0.4 is 10.7 Å². The fraction of sp³-hybridized carbons (Fsp3) is 0.0588. The number of amides is 1. The van der Waals surface area contributed by atoms with Crippen LogP contribution >= 0.6 is 22.7 Å². The zero-order chi connectivity index (χ0) is 17.2. The van der Waals surface area contributed by atoms with Crippen molar-refractivity contribution >= 4 is 44.6 Å². The number of anilines is 1. The first-order valence-electron chi connectivity index (χ1n) is 7.45. The number of hydrogen-bond acceptors (Lipinski definition) is 6. The van der Waals surface area contributed by atoms with Gasteiger partial charge >= 0.3 is 0 Å². The van der Waals surface area contributed by atoms with Crippen molar-refractivity contribution in [2.75, 3.05) is 5.32 Å². The number of benzene rings is 1. The predicted octanol–water partition coefficient (Wildman–Crippen LogP) is 3.22. The summed E-state index contributed by atoms with van der Waals surface area (Å²) in [6.07, 6.45) is 1.23. The predicted molar refractivity (Wildman–Crippen MR) is 100 cm³/mol. The lowest BCUT2D eigenvalue weighted by atomic mass is 10.2. The number of nitrogens with one attached hydrogen (secondary N) is 1. The molecule has 0 unspecified atom stereocenters. The molecule has 0 saturated carbocycles. The topological polar surface area (TPSA) is 76.9 Å². The first kappa shape index (κ1) is 15.7. The Labute approximate surface area is 150 Å². The number of carbonyl (C=O) groups is 1. The highest BCUT2D eigenvalue weighted by atomic mass is 32.1. The molecule has 0 aliphatic rings. The third kappa shape index (κ3) is 3.21. The van der Waals surface area contributed by atoms with Gasteiger partial charge in [-0.25, -0.2) is 4.98 Å². The molecule has 1 aromatic carbocycles. The lowest BCUT2D eigenvalue weighted by Gasteiger charge is -2.08. The van der Waals surface area contributed by atoms with Crippen molar-refractivity contribution in [3.05, 3.63) is 63.6 Å². The van der Waals surface area contributed by atoms with Gasteiger partial charge in [-0.3, -0.25) is 14.3 Å². The van der Waals surface area contributed by atoms with Crippen molar-refractivity contribution in [1.29, 1.82) is 0 Å². The van der Waals surface area contributed by atoms with Gasteiger partial charge in [-0.15, -0.1) is 22.7 Å². The summed E-state index contributed by atoms with van der Waals surface area (Å²) in [5.41, 5.74) is 1.32. The molecule has 0 atom stereocenters. The van der Waals surface area contributed by atoms with Crippen molar-refractivity contribution < 1.29 is 4.79 Å². The molecule has 25 heavy (non-hydrogen) atoms. The van der Waals surface area contributed by atoms with Crippen LogP contribution in [0.1, 0.15) is 0 Å². The monoisotopic (exact) mass is 368 g/mol. The molecule has 0 bridgehead atoms. The van der Waals surface area contributed by atoms with E-state index in [4.69, 9.17) is 0 Å². The highest BCUT2D eigenvalue weighted by molar-refractivity contribution is 7.16. The number of nitrogens with zero attached hydrogens (tertiary/aromatic N) is 3. The molecular formula is C17H12N4O2S2. The number of thiophene rings is 1. The van der Waals surface area contributed by atoms with E-state index in [1.807, 2.05) is 29.0 Å². The van der Waals surface area contributed by atoms with Crippen LogP contribution in [0, 0.1) is 0 Å². The maximum absolute atomic E-state index is 12.3. The standard InChI is InChI=1S/C17H12N4O2S2/c22-14-8-18-21(13-5-2-1-4-11(13)14)9-16(23)20-17-19-12(10-25-17)15-6-3-7-24-15/h1-8,10H,9H2,(H,19,20,23). The molecule has 0 aliphatic carbocycles. The Hall–Kier alpha value is -2.84. The van der Waals surface area contributed by atoms with E-state index in [2.05, 4.69) is 15.4 Å². The fourth-order valence-electron chi connectivity index (χ4n) is 2.45. The zero-order valence-corrected chi connectivity index (χ0v) is 14.5. The van der Waals surface area contributed by atoms with Gasteiger partial charge in [0.05, 0.1) is 22.3 Å². The van der Waals surface area contributed by atoms with E-state index >= 15 is 0 Å². The summed E-state index contributed by atoms with van der Waals surface area (Å²) >= 11 is 2.98. The Kier molecular flexibility index (Phi) is 4.12. The van der Waals surface area contributed by atoms with Crippen LogP contribution in [0.5, 0.6) is 0 Å². The Morgan fingerprint density at radius 3 is 2.88 bits per heavy atom. The number of hydrogen-bond donors (Lipinski definition) is 1. The summed E-state index contributed by atoms with van der Waals surface area (Å²) in [6.45, 7) is 0.00864. The third-order valence-electron chi connectivity index (χ3n) is 3.58. The molecule has 0 spiro atoms. The summed E-state index contributed by atoms with van der Waals surface area (Å²) in [6, 6.07) is 11.0. The number of carbonyl (C=O) groups excluding carboxylic acids is 1. The van der Waals surface area contributed by atoms with E-state index in [1.165, 1.54) is 22.2 Å². The van der Waals surface area contributed by atoms with Gasteiger partial charge in [0.1, 0.15) is 6.54 Å². The number of aromatic nitrogens is 3. The van der Waals surface area contributed by atoms with Crippen LogP contribution in [0.3, 0.4) is 0 Å². The Balaban J connectivity index is 1.53. The summed E-state index contributed by atoms with van der Waals surface area (Å²) in [4.78, 5) is 29.7. The van der Waals surface area contributed by atoms with Gasteiger partial charge in [0.25, 0.3) is 0 Å². The SMILES string of the molecule is O=C(Cn1ncc(=O)c2ccccc21)Nc1nc(-c2cccs2)cs1. The molecule has 1 N–H and O–H groups in total. The molecule has 1 amide bonds. The van der Waals surface area contributed by atoms with Crippen LogP contribution in [-0.4, -0.2) is 20.7 Å². The van der Waals surface area contributed by atoms with Crippen LogP contribution in [0.25, 0.3) is 21.5 Å². The molecule has 4 rings (SSSR count). The minimum atomic E-state index is -0.242. The molecular weight excluding hydrogens is 356 g/mol. The number of fused-ring (bicyclic) bond motifs is 1. The first-order chi connectivity index (χ1) is 12.2. The number of thiazole rings is 1. The van der Waals surface area contributed by atoms with Crippen molar-refractivity contribution in [3.8, 4) is 10.6 Å². The lowest BCUT2D eigenvalue weighted by Crippen LogP contribution is -2.22. The van der Waals surface area contributed by atoms with E-state index in [-0.39, 0.29) is 17.9 Å². The molecule has 6 nitrogen and oxygen atoms in total. The van der Waals surface area contributed by atoms with E-state index in [9.17, 15) is 9.59 Å². The fourth-order valence-corrected chi connectivity index (χ4v) is 3.94. The van der Waals surface area contributed by atoms with Crippen LogP contribution in [0.2, 0.25) is 0 Å². The molecule has 3 aromatic heterocycles. The normalized spacial score (nSPS) is 10.9. The van der Waals surface area contributed by atoms with Crippen LogP contribution in [0.15, 0.2) is 58.1 Å². The molecule has 0 radical (unpaired) electrons. The summed E-state index contributed by atoms with van der Waals surface area (Å²) in [5.74, 6) is -0.242. The van der Waals surface area contributed by atoms with Crippen molar-refractivity contribution in [1.82, 2.24) is 14.8 Å². The largest absolute Gasteiger partial charge is 0.300 e. The second-order valence-corrected chi connectivity index (χ2v) is 7.05. The smallest absolute Gasteiger partial charge is 0.247 e. The van der Waals surface area contributed by atoms with Gasteiger partial charge in [0.15, 0.2) is 5.13 Å². The van der Waals surface area contributed by atoms with E-state index in [1.54, 1.807) is 29.5 Å². The maximum Gasteiger partial charge on any atom is 0.247 e. The quantitative estimate of drug-likeness (QED) is 0.600. The third-order valence-corrected chi connectivity index (χ3v) is 5.23. The second-order valence-electron chi connectivity index (χ2n) is 5.25. The molecule has 0 aliphatic heterocycles. The average Bonchev–Trinajstić information content (AvgIpc) is 3.29. The van der Waals surface area contributed by atoms with E-state index < -0.39 is 0 Å². The van der Waals surface area contributed by atoms with Gasteiger partial charge in [-0.2, -0.15) is 5.10 Å². The Morgan fingerprint density at radius 2 is 2.04 bits per heavy atom. The highest BCUT2D eigenvalue weighted by Gasteiger charge is 2.11. The Bertz CT molecular complexity index is 1100. The summed E-state index contributed by atoms with van der Waals surface area (Å²) in [7, 11) is 0. The molecule has 4 aromatic rings. The van der Waals surface area contributed by atoms with Crippen LogP contribution in [-0.2, 0) is 11.3 Å². The van der Waals surface area contributed by atoms with Crippen molar-refractivity contribution in [3.63, 3.8) is 0 Å². The van der Waals surface area contributed by atoms with Gasteiger partial charge < -0.3 is 5.32 Å². The molecule has 0 saturated heterocycles.